The molecule has 1 heterocycles. The Balaban J connectivity index is 0.00000180. The first kappa shape index (κ1) is 16.2. The summed E-state index contributed by atoms with van der Waals surface area (Å²) in [6, 6.07) is 0. The molecule has 1 saturated heterocycles. The number of carbonyl (C=O) groups excluding carboxylic acids is 2. The number of amides is 2. The van der Waals surface area contributed by atoms with Crippen LogP contribution in [0.15, 0.2) is 0 Å². The Kier molecular flexibility index (Phi) is 6.07. The molecule has 1 saturated carbocycles. The van der Waals surface area contributed by atoms with Crippen LogP contribution in [0.2, 0.25) is 0 Å². The first-order valence-corrected chi connectivity index (χ1v) is 6.97. The maximum atomic E-state index is 11.9. The van der Waals surface area contributed by atoms with Gasteiger partial charge in [-0.1, -0.05) is 12.8 Å². The van der Waals surface area contributed by atoms with Gasteiger partial charge in [-0.15, -0.1) is 12.4 Å². The van der Waals surface area contributed by atoms with Crippen LogP contribution in [0, 0.1) is 0 Å². The minimum atomic E-state index is -0.734. The van der Waals surface area contributed by atoms with E-state index in [1.807, 2.05) is 4.90 Å². The number of hydrogen-bond acceptors (Lipinski definition) is 3. The van der Waals surface area contributed by atoms with Gasteiger partial charge in [0.05, 0.1) is 12.1 Å². The molecule has 2 aliphatic rings. The van der Waals surface area contributed by atoms with Crippen molar-refractivity contribution in [2.45, 2.75) is 50.5 Å². The molecule has 2 fully saturated rings. The highest BCUT2D eigenvalue weighted by Gasteiger charge is 2.37. The van der Waals surface area contributed by atoms with E-state index >= 15 is 0 Å². The van der Waals surface area contributed by atoms with Gasteiger partial charge in [0.1, 0.15) is 0 Å². The average molecular weight is 290 g/mol. The molecule has 0 unspecified atom stereocenters. The number of rotatable bonds is 3. The van der Waals surface area contributed by atoms with E-state index in [9.17, 15) is 9.59 Å². The second-order valence-corrected chi connectivity index (χ2v) is 5.49. The fourth-order valence-electron chi connectivity index (χ4n) is 2.82. The smallest absolute Gasteiger partial charge is 0.241 e. The maximum Gasteiger partial charge on any atom is 0.241 e. The van der Waals surface area contributed by atoms with Crippen molar-refractivity contribution in [2.75, 3.05) is 19.6 Å². The number of nitrogens with one attached hydrogen (secondary N) is 1. The van der Waals surface area contributed by atoms with E-state index in [0.29, 0.717) is 0 Å². The van der Waals surface area contributed by atoms with E-state index in [-0.39, 0.29) is 30.8 Å². The Morgan fingerprint density at radius 3 is 2.21 bits per heavy atom. The molecule has 6 heteroatoms. The van der Waals surface area contributed by atoms with E-state index < -0.39 is 5.54 Å². The van der Waals surface area contributed by atoms with Crippen LogP contribution >= 0.6 is 12.4 Å². The molecule has 3 N–H and O–H groups in total. The third kappa shape index (κ3) is 4.08. The summed E-state index contributed by atoms with van der Waals surface area (Å²) in [5.74, 6) is -0.144. The average Bonchev–Trinajstić information content (AvgIpc) is 2.85. The van der Waals surface area contributed by atoms with Gasteiger partial charge < -0.3 is 16.0 Å². The van der Waals surface area contributed by atoms with Gasteiger partial charge in [0.25, 0.3) is 0 Å². The normalized spacial score (nSPS) is 21.6. The Bertz CT molecular complexity index is 324. The van der Waals surface area contributed by atoms with Crippen molar-refractivity contribution < 1.29 is 9.59 Å². The van der Waals surface area contributed by atoms with Crippen LogP contribution in [-0.4, -0.2) is 41.9 Å². The van der Waals surface area contributed by atoms with Gasteiger partial charge in [0.15, 0.2) is 0 Å². The third-order valence-corrected chi connectivity index (χ3v) is 4.06. The van der Waals surface area contributed by atoms with Gasteiger partial charge in [-0.25, -0.2) is 0 Å². The third-order valence-electron chi connectivity index (χ3n) is 4.06. The number of likely N-dealkylation sites (tertiary alicyclic amines) is 1. The van der Waals surface area contributed by atoms with Crippen molar-refractivity contribution in [3.05, 3.63) is 0 Å². The standard InChI is InChI=1S/C13H23N3O2.ClH/c14-13(6-2-3-7-13)12(18)15-10-11(17)16-8-4-1-5-9-16;/h1-10,14H2,(H,15,18);1H. The van der Waals surface area contributed by atoms with Crippen LogP contribution in [0.4, 0.5) is 0 Å². The molecule has 0 atom stereocenters. The van der Waals surface area contributed by atoms with E-state index in [0.717, 1.165) is 51.6 Å². The zero-order chi connectivity index (χ0) is 13.0. The highest BCUT2D eigenvalue weighted by molar-refractivity contribution is 5.90. The summed E-state index contributed by atoms with van der Waals surface area (Å²) < 4.78 is 0. The molecule has 110 valence electrons. The van der Waals surface area contributed by atoms with Crippen LogP contribution in [0.3, 0.4) is 0 Å². The topological polar surface area (TPSA) is 75.4 Å². The molecule has 0 aromatic rings. The van der Waals surface area contributed by atoms with Crippen LogP contribution in [0.25, 0.3) is 0 Å². The van der Waals surface area contributed by atoms with Crippen molar-refractivity contribution in [3.63, 3.8) is 0 Å². The number of hydrogen-bond donors (Lipinski definition) is 2. The fourth-order valence-corrected chi connectivity index (χ4v) is 2.82. The van der Waals surface area contributed by atoms with Crippen LogP contribution in [0.1, 0.15) is 44.9 Å². The minimum Gasteiger partial charge on any atom is -0.345 e. The van der Waals surface area contributed by atoms with Crippen LogP contribution in [0.5, 0.6) is 0 Å². The summed E-state index contributed by atoms with van der Waals surface area (Å²) >= 11 is 0. The molecular weight excluding hydrogens is 266 g/mol. The van der Waals surface area contributed by atoms with Gasteiger partial charge in [0, 0.05) is 13.1 Å². The predicted octanol–water partition coefficient (Wildman–Crippen LogP) is 0.808. The SMILES string of the molecule is Cl.NC1(C(=O)NCC(=O)N2CCCCC2)CCCC1. The number of carbonyl (C=O) groups is 2. The lowest BCUT2D eigenvalue weighted by Gasteiger charge is -2.28. The predicted molar refractivity (Wildman–Crippen MR) is 76.1 cm³/mol. The first-order valence-electron chi connectivity index (χ1n) is 6.97. The van der Waals surface area contributed by atoms with Crippen molar-refractivity contribution in [3.8, 4) is 0 Å². The molecule has 5 nitrogen and oxygen atoms in total. The summed E-state index contributed by atoms with van der Waals surface area (Å²) in [5, 5.41) is 2.71. The molecular formula is C13H24ClN3O2. The molecule has 2 rings (SSSR count). The van der Waals surface area contributed by atoms with Crippen molar-refractivity contribution in [1.82, 2.24) is 10.2 Å². The largest absolute Gasteiger partial charge is 0.345 e. The fraction of sp³-hybridized carbons (Fsp3) is 0.846. The van der Waals surface area contributed by atoms with E-state index in [1.54, 1.807) is 0 Å². The van der Waals surface area contributed by atoms with Crippen molar-refractivity contribution >= 4 is 24.2 Å². The van der Waals surface area contributed by atoms with Gasteiger partial charge in [0.2, 0.25) is 11.8 Å². The molecule has 0 aromatic carbocycles. The van der Waals surface area contributed by atoms with Gasteiger partial charge in [-0.05, 0) is 32.1 Å². The summed E-state index contributed by atoms with van der Waals surface area (Å²) in [6.45, 7) is 1.74. The number of halogens is 1. The quantitative estimate of drug-likeness (QED) is 0.807. The molecule has 0 radical (unpaired) electrons. The summed E-state index contributed by atoms with van der Waals surface area (Å²) in [6.07, 6.45) is 6.81. The lowest BCUT2D eigenvalue weighted by Crippen LogP contribution is -2.54. The molecule has 1 aliphatic heterocycles. The summed E-state index contributed by atoms with van der Waals surface area (Å²) in [5.41, 5.74) is 5.30. The molecule has 19 heavy (non-hydrogen) atoms. The second-order valence-electron chi connectivity index (χ2n) is 5.49. The Labute approximate surface area is 120 Å². The van der Waals surface area contributed by atoms with Crippen LogP contribution in [-0.2, 0) is 9.59 Å². The molecule has 0 aromatic heterocycles. The van der Waals surface area contributed by atoms with Gasteiger partial charge in [-0.2, -0.15) is 0 Å². The zero-order valence-corrected chi connectivity index (χ0v) is 12.1. The number of nitrogens with zero attached hydrogens (tertiary/aromatic N) is 1. The maximum absolute atomic E-state index is 11.9. The Morgan fingerprint density at radius 2 is 1.63 bits per heavy atom. The van der Waals surface area contributed by atoms with Crippen LogP contribution < -0.4 is 11.1 Å². The lowest BCUT2D eigenvalue weighted by molar-refractivity contribution is -0.134. The van der Waals surface area contributed by atoms with Gasteiger partial charge in [-0.3, -0.25) is 9.59 Å². The number of nitrogens with two attached hydrogens (primary N) is 1. The number of piperidine rings is 1. The lowest BCUT2D eigenvalue weighted by atomic mass is 9.98. The first-order chi connectivity index (χ1) is 8.62. The van der Waals surface area contributed by atoms with Gasteiger partial charge >= 0.3 is 0 Å². The molecule has 0 spiro atoms. The highest BCUT2D eigenvalue weighted by Crippen LogP contribution is 2.27. The minimum absolute atomic E-state index is 0. The monoisotopic (exact) mass is 289 g/mol. The molecule has 0 bridgehead atoms. The summed E-state index contributed by atoms with van der Waals surface area (Å²) in [7, 11) is 0. The molecule has 1 aliphatic carbocycles. The second kappa shape index (κ2) is 7.10. The van der Waals surface area contributed by atoms with Crippen molar-refractivity contribution in [1.29, 1.82) is 0 Å². The van der Waals surface area contributed by atoms with Crippen molar-refractivity contribution in [2.24, 2.45) is 5.73 Å². The van der Waals surface area contributed by atoms with E-state index in [2.05, 4.69) is 5.32 Å². The highest BCUT2D eigenvalue weighted by atomic mass is 35.5. The molecule has 2 amide bonds. The van der Waals surface area contributed by atoms with E-state index in [4.69, 9.17) is 5.73 Å². The van der Waals surface area contributed by atoms with E-state index in [1.165, 1.54) is 6.42 Å². The Hall–Kier alpha value is -0.810. The summed E-state index contributed by atoms with van der Waals surface area (Å²) in [4.78, 5) is 25.7. The Morgan fingerprint density at radius 1 is 1.05 bits per heavy atom. The zero-order valence-electron chi connectivity index (χ0n) is 11.3.